The number of carbonyl (C=O) groups excluding carboxylic acids is 2. The standard InChI is InChI=1S/C9H12O5/c10-5-1-8(13)3-6(11)7(12)4-9(8,14)2-5/h5,10,13-14H,1-4H2. The van der Waals surface area contributed by atoms with Crippen LogP contribution in [0.3, 0.4) is 0 Å². The van der Waals surface area contributed by atoms with Crippen LogP contribution in [0, 0.1) is 0 Å². The molecule has 2 aliphatic rings. The first-order chi connectivity index (χ1) is 6.36. The van der Waals surface area contributed by atoms with Crippen LogP contribution in [0.15, 0.2) is 0 Å². The minimum atomic E-state index is -1.61. The number of aliphatic hydroxyl groups is 3. The number of Topliss-reactive ketones (excluding diaryl/α,β-unsaturated/α-hetero) is 2. The Morgan fingerprint density at radius 2 is 1.36 bits per heavy atom. The van der Waals surface area contributed by atoms with Crippen molar-refractivity contribution in [1.29, 1.82) is 0 Å². The maximum atomic E-state index is 11.1. The number of hydrogen-bond donors (Lipinski definition) is 3. The first-order valence-electron chi connectivity index (χ1n) is 4.55. The molecule has 0 heterocycles. The average Bonchev–Trinajstić information content (AvgIpc) is 2.20. The van der Waals surface area contributed by atoms with Crippen molar-refractivity contribution in [2.75, 3.05) is 0 Å². The second kappa shape index (κ2) is 2.62. The van der Waals surface area contributed by atoms with E-state index in [1.54, 1.807) is 0 Å². The molecule has 0 saturated heterocycles. The molecule has 3 N–H and O–H groups in total. The molecule has 2 atom stereocenters. The summed E-state index contributed by atoms with van der Waals surface area (Å²) in [5.74, 6) is -1.32. The molecule has 5 heteroatoms. The Bertz CT molecular complexity index is 282. The van der Waals surface area contributed by atoms with E-state index in [4.69, 9.17) is 0 Å². The molecule has 0 aromatic carbocycles. The lowest BCUT2D eigenvalue weighted by Crippen LogP contribution is -2.57. The molecule has 0 aliphatic heterocycles. The average molecular weight is 200 g/mol. The predicted molar refractivity (Wildman–Crippen MR) is 44.4 cm³/mol. The van der Waals surface area contributed by atoms with Gasteiger partial charge in [0.1, 0.15) is 11.2 Å². The summed E-state index contributed by atoms with van der Waals surface area (Å²) < 4.78 is 0. The van der Waals surface area contributed by atoms with Crippen LogP contribution in [0.25, 0.3) is 0 Å². The zero-order valence-electron chi connectivity index (χ0n) is 7.56. The Morgan fingerprint density at radius 1 is 1.00 bits per heavy atom. The van der Waals surface area contributed by atoms with Crippen molar-refractivity contribution in [3.63, 3.8) is 0 Å². The summed E-state index contributed by atoms with van der Waals surface area (Å²) in [6.07, 6.45) is -1.67. The van der Waals surface area contributed by atoms with Crippen LogP contribution in [0.4, 0.5) is 0 Å². The molecule has 2 aliphatic carbocycles. The SMILES string of the molecule is O=C1CC2(O)CC(O)CC2(O)CC1=O. The molecule has 2 saturated carbocycles. The van der Waals surface area contributed by atoms with Crippen molar-refractivity contribution in [1.82, 2.24) is 0 Å². The quantitative estimate of drug-likeness (QED) is 0.415. The Hall–Kier alpha value is -0.780. The van der Waals surface area contributed by atoms with Crippen LogP contribution in [-0.2, 0) is 9.59 Å². The van der Waals surface area contributed by atoms with Gasteiger partial charge in [0.15, 0.2) is 0 Å². The second-order valence-corrected chi connectivity index (χ2v) is 4.33. The fraction of sp³-hybridized carbons (Fsp3) is 0.778. The number of aliphatic hydroxyl groups excluding tert-OH is 1. The van der Waals surface area contributed by atoms with Crippen LogP contribution in [-0.4, -0.2) is 44.2 Å². The predicted octanol–water partition coefficient (Wildman–Crippen LogP) is -1.46. The maximum absolute atomic E-state index is 11.1. The molecular formula is C9H12O5. The number of fused-ring (bicyclic) bond motifs is 1. The van der Waals surface area contributed by atoms with Gasteiger partial charge in [0.05, 0.1) is 6.10 Å². The second-order valence-electron chi connectivity index (χ2n) is 4.33. The van der Waals surface area contributed by atoms with Gasteiger partial charge in [-0.15, -0.1) is 0 Å². The van der Waals surface area contributed by atoms with E-state index >= 15 is 0 Å². The number of ketones is 2. The van der Waals surface area contributed by atoms with Crippen molar-refractivity contribution in [3.8, 4) is 0 Å². The molecule has 2 rings (SSSR count). The van der Waals surface area contributed by atoms with Crippen LogP contribution in [0.2, 0.25) is 0 Å². The van der Waals surface area contributed by atoms with Gasteiger partial charge in [0, 0.05) is 25.7 Å². The van der Waals surface area contributed by atoms with Gasteiger partial charge >= 0.3 is 0 Å². The van der Waals surface area contributed by atoms with Crippen molar-refractivity contribution in [3.05, 3.63) is 0 Å². The van der Waals surface area contributed by atoms with Crippen LogP contribution >= 0.6 is 0 Å². The molecule has 0 amide bonds. The zero-order chi connectivity index (χ0) is 10.6. The first kappa shape index (κ1) is 9.76. The highest BCUT2D eigenvalue weighted by atomic mass is 16.4. The van der Waals surface area contributed by atoms with E-state index < -0.39 is 28.9 Å². The van der Waals surface area contributed by atoms with E-state index in [9.17, 15) is 24.9 Å². The van der Waals surface area contributed by atoms with E-state index in [-0.39, 0.29) is 25.7 Å². The van der Waals surface area contributed by atoms with Crippen LogP contribution < -0.4 is 0 Å². The molecule has 2 unspecified atom stereocenters. The van der Waals surface area contributed by atoms with Crippen molar-refractivity contribution in [2.24, 2.45) is 0 Å². The number of rotatable bonds is 0. The Morgan fingerprint density at radius 3 is 1.71 bits per heavy atom. The maximum Gasteiger partial charge on any atom is 0.201 e. The summed E-state index contributed by atoms with van der Waals surface area (Å²) in [4.78, 5) is 22.2. The minimum absolute atomic E-state index is 0.0392. The van der Waals surface area contributed by atoms with Crippen molar-refractivity contribution < 1.29 is 24.9 Å². The molecule has 2 fully saturated rings. The molecule has 14 heavy (non-hydrogen) atoms. The number of carbonyl (C=O) groups is 2. The highest BCUT2D eigenvalue weighted by Gasteiger charge is 2.61. The molecule has 0 spiro atoms. The van der Waals surface area contributed by atoms with E-state index in [2.05, 4.69) is 0 Å². The van der Waals surface area contributed by atoms with Gasteiger partial charge in [-0.2, -0.15) is 0 Å². The lowest BCUT2D eigenvalue weighted by atomic mass is 9.73. The summed E-state index contributed by atoms with van der Waals surface area (Å²) in [6.45, 7) is 0. The highest BCUT2D eigenvalue weighted by molar-refractivity contribution is 6.38. The smallest absolute Gasteiger partial charge is 0.201 e. The highest BCUT2D eigenvalue weighted by Crippen LogP contribution is 2.46. The first-order valence-corrected chi connectivity index (χ1v) is 4.55. The molecular weight excluding hydrogens is 188 g/mol. The van der Waals surface area contributed by atoms with Crippen molar-refractivity contribution >= 4 is 11.6 Å². The Labute approximate surface area is 80.4 Å². The van der Waals surface area contributed by atoms with Gasteiger partial charge in [-0.1, -0.05) is 0 Å². The van der Waals surface area contributed by atoms with Gasteiger partial charge in [-0.25, -0.2) is 0 Å². The lowest BCUT2D eigenvalue weighted by Gasteiger charge is -2.39. The Kier molecular flexibility index (Phi) is 1.83. The minimum Gasteiger partial charge on any atom is -0.393 e. The van der Waals surface area contributed by atoms with Gasteiger partial charge in [-0.3, -0.25) is 9.59 Å². The van der Waals surface area contributed by atoms with Gasteiger partial charge in [0.25, 0.3) is 0 Å². The number of hydrogen-bond acceptors (Lipinski definition) is 5. The molecule has 5 nitrogen and oxygen atoms in total. The molecule has 0 aromatic heterocycles. The zero-order valence-corrected chi connectivity index (χ0v) is 7.56. The van der Waals surface area contributed by atoms with Crippen molar-refractivity contribution in [2.45, 2.75) is 43.0 Å². The summed E-state index contributed by atoms with van der Waals surface area (Å²) >= 11 is 0. The van der Waals surface area contributed by atoms with Gasteiger partial charge in [-0.05, 0) is 0 Å². The van der Waals surface area contributed by atoms with E-state index in [1.165, 1.54) is 0 Å². The van der Waals surface area contributed by atoms with Gasteiger partial charge < -0.3 is 15.3 Å². The summed E-state index contributed by atoms with van der Waals surface area (Å²) in [6, 6.07) is 0. The van der Waals surface area contributed by atoms with Gasteiger partial charge in [0.2, 0.25) is 11.6 Å². The third-order valence-corrected chi connectivity index (χ3v) is 3.23. The monoisotopic (exact) mass is 200 g/mol. The summed E-state index contributed by atoms with van der Waals surface area (Å²) in [5, 5.41) is 29.2. The normalized spacial score (nSPS) is 48.1. The van der Waals surface area contributed by atoms with E-state index in [1.807, 2.05) is 0 Å². The summed E-state index contributed by atoms with van der Waals surface area (Å²) in [5.41, 5.74) is -3.23. The summed E-state index contributed by atoms with van der Waals surface area (Å²) in [7, 11) is 0. The Balaban J connectivity index is 2.35. The fourth-order valence-electron chi connectivity index (χ4n) is 2.43. The third-order valence-electron chi connectivity index (χ3n) is 3.23. The third kappa shape index (κ3) is 1.13. The molecule has 0 radical (unpaired) electrons. The fourth-order valence-corrected chi connectivity index (χ4v) is 2.43. The molecule has 78 valence electrons. The molecule has 0 bridgehead atoms. The topological polar surface area (TPSA) is 94.8 Å². The van der Waals surface area contributed by atoms with Crippen LogP contribution in [0.1, 0.15) is 25.7 Å². The largest absolute Gasteiger partial charge is 0.393 e. The van der Waals surface area contributed by atoms with E-state index in [0.717, 1.165) is 0 Å². The van der Waals surface area contributed by atoms with Crippen LogP contribution in [0.5, 0.6) is 0 Å². The molecule has 0 aromatic rings. The lowest BCUT2D eigenvalue weighted by molar-refractivity contribution is -0.173. The van der Waals surface area contributed by atoms with E-state index in [0.29, 0.717) is 0 Å².